The highest BCUT2D eigenvalue weighted by Crippen LogP contribution is 2.33. The number of rotatable bonds is 5. The van der Waals surface area contributed by atoms with Gasteiger partial charge in [-0.05, 0) is 67.3 Å². The molecule has 0 amide bonds. The van der Waals surface area contributed by atoms with Gasteiger partial charge in [0.1, 0.15) is 17.2 Å². The Kier molecular flexibility index (Phi) is 4.63. The molecule has 0 saturated heterocycles. The van der Waals surface area contributed by atoms with E-state index in [4.69, 9.17) is 14.6 Å². The maximum Gasteiger partial charge on any atom is 0.128 e. The smallest absolute Gasteiger partial charge is 0.128 e. The second-order valence-electron chi connectivity index (χ2n) is 6.37. The highest BCUT2D eigenvalue weighted by molar-refractivity contribution is 6.06. The van der Waals surface area contributed by atoms with Gasteiger partial charge < -0.3 is 19.6 Å². The van der Waals surface area contributed by atoms with E-state index in [1.165, 1.54) is 10.9 Å². The Morgan fingerprint density at radius 2 is 1.81 bits per heavy atom. The zero-order valence-corrected chi connectivity index (χ0v) is 14.8. The van der Waals surface area contributed by atoms with Gasteiger partial charge in [0.25, 0.3) is 0 Å². The third-order valence-electron chi connectivity index (χ3n) is 4.70. The number of aryl methyl sites for hydroxylation is 1. The van der Waals surface area contributed by atoms with E-state index in [1.807, 2.05) is 30.3 Å². The molecule has 5 nitrogen and oxygen atoms in total. The predicted molar refractivity (Wildman–Crippen MR) is 103 cm³/mol. The van der Waals surface area contributed by atoms with Crippen LogP contribution >= 0.6 is 0 Å². The van der Waals surface area contributed by atoms with Crippen LogP contribution in [0.2, 0.25) is 0 Å². The molecule has 2 aromatic carbocycles. The van der Waals surface area contributed by atoms with Gasteiger partial charge in [0.05, 0.1) is 31.7 Å². The van der Waals surface area contributed by atoms with Crippen LogP contribution in [0.25, 0.3) is 10.9 Å². The van der Waals surface area contributed by atoms with E-state index in [1.54, 1.807) is 7.11 Å². The summed E-state index contributed by atoms with van der Waals surface area (Å²) < 4.78 is 11.2. The van der Waals surface area contributed by atoms with Gasteiger partial charge in [-0.1, -0.05) is 0 Å². The summed E-state index contributed by atoms with van der Waals surface area (Å²) in [5.41, 5.74) is 4.56. The van der Waals surface area contributed by atoms with Gasteiger partial charge in [-0.2, -0.15) is 0 Å². The maximum atomic E-state index is 9.05. The summed E-state index contributed by atoms with van der Waals surface area (Å²) in [6.07, 6.45) is 3.06. The van der Waals surface area contributed by atoms with E-state index in [2.05, 4.69) is 22.1 Å². The molecule has 2 N–H and O–H groups in total. The molecule has 26 heavy (non-hydrogen) atoms. The molecule has 0 spiro atoms. The maximum absolute atomic E-state index is 9.05. The van der Waals surface area contributed by atoms with Gasteiger partial charge in [0, 0.05) is 10.9 Å². The molecule has 0 fully saturated rings. The number of nitrogens with zero attached hydrogens (tertiary/aromatic N) is 1. The molecule has 0 unspecified atom stereocenters. The lowest BCUT2D eigenvalue weighted by atomic mass is 9.94. The van der Waals surface area contributed by atoms with Gasteiger partial charge >= 0.3 is 0 Å². The normalized spacial score (nSPS) is 15.2. The van der Waals surface area contributed by atoms with Crippen molar-refractivity contribution in [2.45, 2.75) is 19.3 Å². The molecule has 1 aliphatic carbocycles. The van der Waals surface area contributed by atoms with Gasteiger partial charge in [0.2, 0.25) is 0 Å². The quantitative estimate of drug-likeness (QED) is 0.728. The van der Waals surface area contributed by atoms with Crippen molar-refractivity contribution in [2.75, 3.05) is 20.3 Å². The van der Waals surface area contributed by atoms with E-state index in [0.717, 1.165) is 53.4 Å². The number of fused-ring (bicyclic) bond motifs is 3. The van der Waals surface area contributed by atoms with Crippen molar-refractivity contribution in [1.82, 2.24) is 4.98 Å². The molecule has 0 saturated carbocycles. The Bertz CT molecular complexity index is 942. The number of hydrogen-bond acceptors (Lipinski definition) is 4. The number of benzene rings is 2. The Hall–Kier alpha value is -2.79. The second kappa shape index (κ2) is 7.22. The zero-order valence-electron chi connectivity index (χ0n) is 14.8. The summed E-state index contributed by atoms with van der Waals surface area (Å²) in [5.74, 6) is 2.39. The average Bonchev–Trinajstić information content (AvgIpc) is 3.05. The molecule has 1 aromatic heterocycles. The number of H-pyrrole nitrogens is 1. The lowest BCUT2D eigenvalue weighted by molar-refractivity contribution is 0.307. The SMILES string of the molecule is COc1ccc(Oc2ccc3[nH]c4c(c3c2)CCCC4=NCCO)cc1. The van der Waals surface area contributed by atoms with Crippen LogP contribution in [0.3, 0.4) is 0 Å². The summed E-state index contributed by atoms with van der Waals surface area (Å²) >= 11 is 0. The number of aliphatic hydroxyl groups is 1. The first-order valence-electron chi connectivity index (χ1n) is 8.89. The Labute approximate surface area is 152 Å². The summed E-state index contributed by atoms with van der Waals surface area (Å²) in [7, 11) is 1.65. The number of aliphatic hydroxyl groups excluding tert-OH is 1. The third-order valence-corrected chi connectivity index (χ3v) is 4.70. The van der Waals surface area contributed by atoms with E-state index < -0.39 is 0 Å². The lowest BCUT2D eigenvalue weighted by Gasteiger charge is -2.14. The van der Waals surface area contributed by atoms with Gasteiger partial charge in [-0.15, -0.1) is 0 Å². The first kappa shape index (κ1) is 16.7. The molecule has 1 aliphatic rings. The summed E-state index contributed by atoms with van der Waals surface area (Å²) in [6, 6.07) is 13.7. The number of methoxy groups -OCH3 is 1. The van der Waals surface area contributed by atoms with Crippen LogP contribution < -0.4 is 9.47 Å². The minimum absolute atomic E-state index is 0.0823. The van der Waals surface area contributed by atoms with E-state index in [-0.39, 0.29) is 6.61 Å². The van der Waals surface area contributed by atoms with Crippen molar-refractivity contribution < 1.29 is 14.6 Å². The molecule has 0 bridgehead atoms. The molecule has 3 aromatic rings. The van der Waals surface area contributed by atoms with Crippen LogP contribution in [0.5, 0.6) is 17.2 Å². The molecule has 134 valence electrons. The van der Waals surface area contributed by atoms with Crippen LogP contribution in [0, 0.1) is 0 Å². The highest BCUT2D eigenvalue weighted by atomic mass is 16.5. The zero-order chi connectivity index (χ0) is 17.9. The molecule has 0 radical (unpaired) electrons. The van der Waals surface area contributed by atoms with Crippen LogP contribution in [-0.4, -0.2) is 36.1 Å². The summed E-state index contributed by atoms with van der Waals surface area (Å²) in [6.45, 7) is 0.537. The summed E-state index contributed by atoms with van der Waals surface area (Å²) in [5, 5.41) is 10.2. The van der Waals surface area contributed by atoms with Crippen LogP contribution in [-0.2, 0) is 6.42 Å². The number of aromatic nitrogens is 1. The van der Waals surface area contributed by atoms with Crippen molar-refractivity contribution in [3.8, 4) is 17.2 Å². The number of hydrogen-bond donors (Lipinski definition) is 2. The predicted octanol–water partition coefficient (Wildman–Crippen LogP) is 4.09. The fraction of sp³-hybridized carbons (Fsp3) is 0.286. The molecule has 5 heteroatoms. The van der Waals surface area contributed by atoms with Gasteiger partial charge in [0.15, 0.2) is 0 Å². The molecule has 0 aliphatic heterocycles. The Morgan fingerprint density at radius 3 is 2.58 bits per heavy atom. The van der Waals surface area contributed by atoms with Crippen LogP contribution in [0.15, 0.2) is 47.5 Å². The number of aliphatic imine (C=N–C) groups is 1. The van der Waals surface area contributed by atoms with E-state index in [9.17, 15) is 0 Å². The average molecular weight is 350 g/mol. The van der Waals surface area contributed by atoms with Crippen molar-refractivity contribution in [3.63, 3.8) is 0 Å². The molecule has 4 rings (SSSR count). The van der Waals surface area contributed by atoms with E-state index >= 15 is 0 Å². The first-order chi connectivity index (χ1) is 12.8. The number of nitrogens with one attached hydrogen (secondary N) is 1. The van der Waals surface area contributed by atoms with Gasteiger partial charge in [-0.3, -0.25) is 4.99 Å². The van der Waals surface area contributed by atoms with Crippen LogP contribution in [0.1, 0.15) is 24.1 Å². The fourth-order valence-corrected chi connectivity index (χ4v) is 3.48. The number of ether oxygens (including phenoxy) is 2. The largest absolute Gasteiger partial charge is 0.497 e. The lowest BCUT2D eigenvalue weighted by Crippen LogP contribution is -2.12. The Morgan fingerprint density at radius 1 is 1.04 bits per heavy atom. The number of aromatic amines is 1. The summed E-state index contributed by atoms with van der Waals surface area (Å²) in [4.78, 5) is 8.03. The monoisotopic (exact) mass is 350 g/mol. The van der Waals surface area contributed by atoms with E-state index in [0.29, 0.717) is 6.54 Å². The van der Waals surface area contributed by atoms with Crippen molar-refractivity contribution >= 4 is 16.6 Å². The van der Waals surface area contributed by atoms with Gasteiger partial charge in [-0.25, -0.2) is 0 Å². The van der Waals surface area contributed by atoms with Crippen LogP contribution in [0.4, 0.5) is 0 Å². The molecular formula is C21H22N2O3. The molecule has 1 heterocycles. The van der Waals surface area contributed by atoms with Crippen molar-refractivity contribution in [1.29, 1.82) is 0 Å². The molecular weight excluding hydrogens is 328 g/mol. The standard InChI is InChI=1S/C21H22N2O3/c1-25-14-5-7-15(8-6-14)26-16-9-10-19-18(13-16)17-3-2-4-20(21(17)23-19)22-11-12-24/h5-10,13,23-24H,2-4,11-12H2,1H3. The first-order valence-corrected chi connectivity index (χ1v) is 8.89. The topological polar surface area (TPSA) is 66.8 Å². The van der Waals surface area contributed by atoms with Crippen molar-refractivity contribution in [3.05, 3.63) is 53.7 Å². The third kappa shape index (κ3) is 3.18. The minimum atomic E-state index is 0.0823. The minimum Gasteiger partial charge on any atom is -0.497 e. The molecule has 0 atom stereocenters. The highest BCUT2D eigenvalue weighted by Gasteiger charge is 2.20. The Balaban J connectivity index is 1.66. The second-order valence-corrected chi connectivity index (χ2v) is 6.37. The fourth-order valence-electron chi connectivity index (χ4n) is 3.48. The van der Waals surface area contributed by atoms with Crippen molar-refractivity contribution in [2.24, 2.45) is 4.99 Å².